The summed E-state index contributed by atoms with van der Waals surface area (Å²) in [6.45, 7) is 0.371. The summed E-state index contributed by atoms with van der Waals surface area (Å²) in [5.41, 5.74) is 0.390. The Bertz CT molecular complexity index is 481. The van der Waals surface area contributed by atoms with E-state index in [1.165, 1.54) is 6.07 Å². The zero-order valence-electron chi connectivity index (χ0n) is 10.5. The van der Waals surface area contributed by atoms with Gasteiger partial charge in [0.25, 0.3) is 5.91 Å². The number of nitrogens with zero attached hydrogens (tertiary/aromatic N) is 1. The highest BCUT2D eigenvalue weighted by molar-refractivity contribution is 6.36. The topological polar surface area (TPSA) is 49.8 Å². The number of benzene rings is 1. The van der Waals surface area contributed by atoms with Gasteiger partial charge in [0.2, 0.25) is 0 Å². The average molecular weight is 304 g/mol. The number of ether oxygens (including phenoxy) is 1. The van der Waals surface area contributed by atoms with Crippen LogP contribution in [0.15, 0.2) is 18.2 Å². The molecule has 19 heavy (non-hydrogen) atoms. The van der Waals surface area contributed by atoms with E-state index < -0.39 is 0 Å². The van der Waals surface area contributed by atoms with Crippen LogP contribution in [0, 0.1) is 0 Å². The normalized spacial score (nSPS) is 22.8. The molecule has 0 radical (unpaired) electrons. The maximum absolute atomic E-state index is 12.4. The van der Waals surface area contributed by atoms with E-state index in [1.54, 1.807) is 24.1 Å². The molecule has 4 nitrogen and oxygen atoms in total. The number of aliphatic hydroxyl groups is 1. The summed E-state index contributed by atoms with van der Waals surface area (Å²) >= 11 is 11.9. The molecule has 0 spiro atoms. The second-order valence-electron chi connectivity index (χ2n) is 4.51. The van der Waals surface area contributed by atoms with Crippen LogP contribution in [0.3, 0.4) is 0 Å². The molecule has 0 aliphatic carbocycles. The minimum atomic E-state index is -0.232. The minimum Gasteiger partial charge on any atom is -0.394 e. The fraction of sp³-hybridized carbons (Fsp3) is 0.462. The Balaban J connectivity index is 2.23. The Kier molecular flexibility index (Phi) is 4.68. The smallest absolute Gasteiger partial charge is 0.255 e. The van der Waals surface area contributed by atoms with Crippen LogP contribution in [0.5, 0.6) is 0 Å². The van der Waals surface area contributed by atoms with Gasteiger partial charge in [0, 0.05) is 18.7 Å². The lowest BCUT2D eigenvalue weighted by molar-refractivity contribution is 0.0648. The van der Waals surface area contributed by atoms with Crippen molar-refractivity contribution in [2.24, 2.45) is 0 Å². The molecule has 0 unspecified atom stereocenters. The molecule has 1 N–H and O–H groups in total. The van der Waals surface area contributed by atoms with Crippen molar-refractivity contribution in [3.05, 3.63) is 33.8 Å². The largest absolute Gasteiger partial charge is 0.394 e. The zero-order valence-corrected chi connectivity index (χ0v) is 12.0. The molecular formula is C13H15Cl2NO3. The second-order valence-corrected chi connectivity index (χ2v) is 5.36. The lowest BCUT2D eigenvalue weighted by atomic mass is 10.1. The Morgan fingerprint density at radius 2 is 2.26 bits per heavy atom. The minimum absolute atomic E-state index is 0.0489. The van der Waals surface area contributed by atoms with Crippen LogP contribution in [0.4, 0.5) is 0 Å². The van der Waals surface area contributed by atoms with E-state index in [-0.39, 0.29) is 24.7 Å². The van der Waals surface area contributed by atoms with Gasteiger partial charge in [-0.1, -0.05) is 23.2 Å². The Morgan fingerprint density at radius 3 is 2.84 bits per heavy atom. The van der Waals surface area contributed by atoms with Crippen molar-refractivity contribution in [3.8, 4) is 0 Å². The third-order valence-corrected chi connectivity index (χ3v) is 3.89. The van der Waals surface area contributed by atoms with Crippen molar-refractivity contribution in [1.82, 2.24) is 4.90 Å². The summed E-state index contributed by atoms with van der Waals surface area (Å²) in [6.07, 6.45) is 0.580. The van der Waals surface area contributed by atoms with Crippen molar-refractivity contribution in [1.29, 1.82) is 0 Å². The van der Waals surface area contributed by atoms with Crippen LogP contribution in [-0.4, -0.2) is 48.3 Å². The number of likely N-dealkylation sites (tertiary alicyclic amines) is 1. The van der Waals surface area contributed by atoms with Crippen molar-refractivity contribution < 1.29 is 14.6 Å². The molecule has 2 rings (SSSR count). The number of methoxy groups -OCH3 is 1. The Labute approximate surface area is 121 Å². The molecule has 1 aliphatic heterocycles. The first-order valence-electron chi connectivity index (χ1n) is 5.96. The summed E-state index contributed by atoms with van der Waals surface area (Å²) in [5, 5.41) is 10.2. The molecule has 0 bridgehead atoms. The summed E-state index contributed by atoms with van der Waals surface area (Å²) < 4.78 is 5.25. The van der Waals surface area contributed by atoms with Crippen LogP contribution >= 0.6 is 23.2 Å². The molecule has 1 aliphatic rings. The number of hydrogen-bond acceptors (Lipinski definition) is 3. The predicted molar refractivity (Wildman–Crippen MR) is 73.8 cm³/mol. The predicted octanol–water partition coefficient (Wildman–Crippen LogP) is 2.22. The molecule has 1 fully saturated rings. The number of carbonyl (C=O) groups excluding carboxylic acids is 1. The average Bonchev–Trinajstić information content (AvgIpc) is 2.81. The third-order valence-electron chi connectivity index (χ3n) is 3.34. The monoisotopic (exact) mass is 303 g/mol. The quantitative estimate of drug-likeness (QED) is 0.931. The van der Waals surface area contributed by atoms with E-state index in [9.17, 15) is 9.90 Å². The van der Waals surface area contributed by atoms with Crippen molar-refractivity contribution in [2.75, 3.05) is 20.3 Å². The number of carbonyl (C=O) groups is 1. The summed E-state index contributed by atoms with van der Waals surface area (Å²) in [7, 11) is 1.60. The van der Waals surface area contributed by atoms with Crippen LogP contribution in [0.25, 0.3) is 0 Å². The lowest BCUT2D eigenvalue weighted by Gasteiger charge is -2.23. The van der Waals surface area contributed by atoms with Gasteiger partial charge in [-0.25, -0.2) is 0 Å². The zero-order chi connectivity index (χ0) is 14.0. The van der Waals surface area contributed by atoms with Gasteiger partial charge in [-0.2, -0.15) is 0 Å². The summed E-state index contributed by atoms with van der Waals surface area (Å²) in [6, 6.07) is 4.53. The van der Waals surface area contributed by atoms with E-state index in [0.29, 0.717) is 28.6 Å². The first kappa shape index (κ1) is 14.6. The first-order chi connectivity index (χ1) is 9.06. The molecule has 2 atom stereocenters. The standard InChI is InChI=1S/C13H15Cl2NO3/c1-19-10-5-9(7-17)16(6-10)13(18)11-3-2-8(14)4-12(11)15/h2-4,9-10,17H,5-7H2,1H3/t9-,10+/m0/s1. The molecule has 104 valence electrons. The maximum atomic E-state index is 12.4. The lowest BCUT2D eigenvalue weighted by Crippen LogP contribution is -2.38. The van der Waals surface area contributed by atoms with E-state index in [1.807, 2.05) is 0 Å². The van der Waals surface area contributed by atoms with E-state index in [2.05, 4.69) is 0 Å². The van der Waals surface area contributed by atoms with E-state index >= 15 is 0 Å². The molecule has 0 saturated carbocycles. The van der Waals surface area contributed by atoms with Gasteiger partial charge in [0.05, 0.1) is 29.3 Å². The first-order valence-corrected chi connectivity index (χ1v) is 6.72. The van der Waals surface area contributed by atoms with Gasteiger partial charge in [-0.3, -0.25) is 4.79 Å². The number of amides is 1. The molecule has 0 aromatic heterocycles. The number of aliphatic hydroxyl groups excluding tert-OH is 1. The van der Waals surface area contributed by atoms with Crippen LogP contribution in [0.2, 0.25) is 10.0 Å². The van der Waals surface area contributed by atoms with Crippen LogP contribution in [-0.2, 0) is 4.74 Å². The molecular weight excluding hydrogens is 289 g/mol. The molecule has 1 amide bonds. The number of halogens is 2. The Morgan fingerprint density at radius 1 is 1.53 bits per heavy atom. The van der Waals surface area contributed by atoms with Crippen molar-refractivity contribution in [2.45, 2.75) is 18.6 Å². The number of hydrogen-bond donors (Lipinski definition) is 1. The van der Waals surface area contributed by atoms with Gasteiger partial charge in [-0.05, 0) is 24.6 Å². The van der Waals surface area contributed by atoms with Gasteiger partial charge in [0.15, 0.2) is 0 Å². The van der Waals surface area contributed by atoms with Gasteiger partial charge >= 0.3 is 0 Å². The highest BCUT2D eigenvalue weighted by atomic mass is 35.5. The SMILES string of the molecule is CO[C@@H]1C[C@@H](CO)N(C(=O)c2ccc(Cl)cc2Cl)C1. The molecule has 1 aromatic carbocycles. The van der Waals surface area contributed by atoms with E-state index in [0.717, 1.165) is 0 Å². The maximum Gasteiger partial charge on any atom is 0.255 e. The molecule has 1 saturated heterocycles. The van der Waals surface area contributed by atoms with Crippen molar-refractivity contribution >= 4 is 29.1 Å². The van der Waals surface area contributed by atoms with Crippen molar-refractivity contribution in [3.63, 3.8) is 0 Å². The fourth-order valence-corrected chi connectivity index (χ4v) is 2.77. The van der Waals surface area contributed by atoms with Gasteiger partial charge < -0.3 is 14.7 Å². The third kappa shape index (κ3) is 3.03. The fourth-order valence-electron chi connectivity index (χ4n) is 2.28. The highest BCUT2D eigenvalue weighted by Crippen LogP contribution is 2.26. The molecule has 1 aromatic rings. The molecule has 1 heterocycles. The number of rotatable bonds is 3. The van der Waals surface area contributed by atoms with Crippen LogP contribution in [0.1, 0.15) is 16.8 Å². The highest BCUT2D eigenvalue weighted by Gasteiger charge is 2.35. The summed E-state index contributed by atoms with van der Waals surface area (Å²) in [5.74, 6) is -0.208. The van der Waals surface area contributed by atoms with Gasteiger partial charge in [0.1, 0.15) is 0 Å². The van der Waals surface area contributed by atoms with E-state index in [4.69, 9.17) is 27.9 Å². The van der Waals surface area contributed by atoms with Crippen LogP contribution < -0.4 is 0 Å². The summed E-state index contributed by atoms with van der Waals surface area (Å²) in [4.78, 5) is 14.0. The second kappa shape index (κ2) is 6.09. The Hall–Kier alpha value is -0.810. The van der Waals surface area contributed by atoms with Gasteiger partial charge in [-0.15, -0.1) is 0 Å². The molecule has 6 heteroatoms.